The van der Waals surface area contributed by atoms with Gasteiger partial charge in [-0.2, -0.15) is 0 Å². The van der Waals surface area contributed by atoms with Gasteiger partial charge in [-0.15, -0.1) is 11.3 Å². The smallest absolute Gasteiger partial charge is 0.113 e. The number of aromatic nitrogens is 1. The topological polar surface area (TPSA) is 24.9 Å². The summed E-state index contributed by atoms with van der Waals surface area (Å²) in [5.41, 5.74) is 1.48. The van der Waals surface area contributed by atoms with Crippen molar-refractivity contribution < 1.29 is 0 Å². The molecule has 3 heteroatoms. The molecule has 2 saturated carbocycles. The van der Waals surface area contributed by atoms with Crippen LogP contribution in [0, 0.1) is 0 Å². The molecule has 0 radical (unpaired) electrons. The molecule has 2 fully saturated rings. The predicted octanol–water partition coefficient (Wildman–Crippen LogP) is 4.57. The molecule has 0 aliphatic heterocycles. The molecule has 0 saturated heterocycles. The Balaban J connectivity index is 1.87. The number of nitrogens with one attached hydrogen (secondary N) is 1. The molecule has 19 heavy (non-hydrogen) atoms. The highest BCUT2D eigenvalue weighted by atomic mass is 32.1. The molecule has 106 valence electrons. The maximum atomic E-state index is 4.98. The van der Waals surface area contributed by atoms with Crippen LogP contribution in [0.2, 0.25) is 0 Å². The van der Waals surface area contributed by atoms with Gasteiger partial charge < -0.3 is 5.32 Å². The lowest BCUT2D eigenvalue weighted by Crippen LogP contribution is -2.43. The second-order valence-electron chi connectivity index (χ2n) is 6.65. The summed E-state index contributed by atoms with van der Waals surface area (Å²) in [5, 5.41) is 7.61. The lowest BCUT2D eigenvalue weighted by atomic mass is 9.90. The predicted molar refractivity (Wildman–Crippen MR) is 81.7 cm³/mol. The van der Waals surface area contributed by atoms with Crippen LogP contribution in [0.25, 0.3) is 0 Å². The molecular formula is C16H26N2S. The molecule has 2 aliphatic rings. The van der Waals surface area contributed by atoms with Gasteiger partial charge >= 0.3 is 0 Å². The first-order valence-corrected chi connectivity index (χ1v) is 8.81. The molecule has 0 atom stereocenters. The molecule has 0 spiro atoms. The fourth-order valence-electron chi connectivity index (χ4n) is 3.14. The molecule has 3 rings (SSSR count). The molecule has 0 aromatic carbocycles. The van der Waals surface area contributed by atoms with Gasteiger partial charge in [-0.05, 0) is 31.6 Å². The Labute approximate surface area is 121 Å². The minimum atomic E-state index is 0.204. The summed E-state index contributed by atoms with van der Waals surface area (Å²) in [6, 6.07) is 0.768. The number of rotatable bonds is 4. The molecule has 1 heterocycles. The third-order valence-electron chi connectivity index (χ3n) is 4.54. The number of nitrogens with zero attached hydrogens (tertiary/aromatic N) is 1. The summed E-state index contributed by atoms with van der Waals surface area (Å²) in [4.78, 5) is 4.98. The summed E-state index contributed by atoms with van der Waals surface area (Å²) < 4.78 is 0. The van der Waals surface area contributed by atoms with Crippen LogP contribution in [-0.4, -0.2) is 11.0 Å². The Morgan fingerprint density at radius 1 is 1.21 bits per heavy atom. The zero-order valence-corrected chi connectivity index (χ0v) is 13.1. The standard InChI is InChI=1S/C16H26N2S/c1-12(2)14-11-19-15(17-14)16(18-13-7-8-13)9-5-3-4-6-10-16/h11-13,18H,3-10H2,1-2H3. The van der Waals surface area contributed by atoms with Crippen molar-refractivity contribution in [3.63, 3.8) is 0 Å². The van der Waals surface area contributed by atoms with Crippen molar-refractivity contribution in [2.24, 2.45) is 0 Å². The van der Waals surface area contributed by atoms with E-state index in [-0.39, 0.29) is 5.54 Å². The van der Waals surface area contributed by atoms with Crippen LogP contribution in [0.5, 0.6) is 0 Å². The summed E-state index contributed by atoms with van der Waals surface area (Å²) >= 11 is 1.89. The molecule has 2 nitrogen and oxygen atoms in total. The highest BCUT2D eigenvalue weighted by Crippen LogP contribution is 2.40. The zero-order valence-electron chi connectivity index (χ0n) is 12.2. The van der Waals surface area contributed by atoms with Gasteiger partial charge in [0.1, 0.15) is 5.01 Å². The highest BCUT2D eigenvalue weighted by molar-refractivity contribution is 7.09. The van der Waals surface area contributed by atoms with Crippen molar-refractivity contribution in [2.45, 2.75) is 82.7 Å². The van der Waals surface area contributed by atoms with E-state index < -0.39 is 0 Å². The molecule has 0 bridgehead atoms. The van der Waals surface area contributed by atoms with Gasteiger partial charge in [0.2, 0.25) is 0 Å². The van der Waals surface area contributed by atoms with E-state index in [1.807, 2.05) is 11.3 Å². The number of hydrogen-bond donors (Lipinski definition) is 1. The van der Waals surface area contributed by atoms with Crippen molar-refractivity contribution in [1.29, 1.82) is 0 Å². The van der Waals surface area contributed by atoms with Crippen molar-refractivity contribution >= 4 is 11.3 Å². The minimum Gasteiger partial charge on any atom is -0.303 e. The highest BCUT2D eigenvalue weighted by Gasteiger charge is 2.39. The SMILES string of the molecule is CC(C)c1csc(C2(NC3CC3)CCCCCC2)n1. The lowest BCUT2D eigenvalue weighted by Gasteiger charge is -2.32. The largest absolute Gasteiger partial charge is 0.303 e. The average Bonchev–Trinajstić information content (AvgIpc) is 3.11. The Kier molecular flexibility index (Phi) is 3.95. The van der Waals surface area contributed by atoms with Crippen LogP contribution < -0.4 is 5.32 Å². The van der Waals surface area contributed by atoms with Gasteiger partial charge in [0.15, 0.2) is 0 Å². The Hall–Kier alpha value is -0.410. The molecule has 2 aliphatic carbocycles. The molecule has 0 amide bonds. The number of hydrogen-bond acceptors (Lipinski definition) is 3. The maximum Gasteiger partial charge on any atom is 0.113 e. The van der Waals surface area contributed by atoms with E-state index in [1.165, 1.54) is 62.1 Å². The first kappa shape index (κ1) is 13.6. The van der Waals surface area contributed by atoms with Crippen LogP contribution in [0.15, 0.2) is 5.38 Å². The van der Waals surface area contributed by atoms with Crippen molar-refractivity contribution in [2.75, 3.05) is 0 Å². The molecular weight excluding hydrogens is 252 g/mol. The Bertz CT molecular complexity index is 412. The van der Waals surface area contributed by atoms with E-state index in [4.69, 9.17) is 4.98 Å². The van der Waals surface area contributed by atoms with Crippen LogP contribution >= 0.6 is 11.3 Å². The first-order valence-electron chi connectivity index (χ1n) is 7.93. The number of thiazole rings is 1. The molecule has 1 aromatic heterocycles. The normalized spacial score (nSPS) is 23.5. The molecule has 1 N–H and O–H groups in total. The fraction of sp³-hybridized carbons (Fsp3) is 0.812. The Morgan fingerprint density at radius 2 is 1.89 bits per heavy atom. The third kappa shape index (κ3) is 3.03. The molecule has 0 unspecified atom stereocenters. The van der Waals surface area contributed by atoms with Crippen molar-refractivity contribution in [3.8, 4) is 0 Å². The second-order valence-corrected chi connectivity index (χ2v) is 7.51. The van der Waals surface area contributed by atoms with Gasteiger partial charge in [0, 0.05) is 11.4 Å². The fourth-order valence-corrected chi connectivity index (χ4v) is 4.35. The second kappa shape index (κ2) is 5.53. The minimum absolute atomic E-state index is 0.204. The molecule has 1 aromatic rings. The van der Waals surface area contributed by atoms with Crippen LogP contribution in [0.4, 0.5) is 0 Å². The van der Waals surface area contributed by atoms with Crippen LogP contribution in [0.3, 0.4) is 0 Å². The van der Waals surface area contributed by atoms with E-state index in [1.54, 1.807) is 0 Å². The summed E-state index contributed by atoms with van der Waals surface area (Å²) in [6.45, 7) is 4.49. The Morgan fingerprint density at radius 3 is 2.42 bits per heavy atom. The lowest BCUT2D eigenvalue weighted by molar-refractivity contribution is 0.285. The van der Waals surface area contributed by atoms with E-state index in [2.05, 4.69) is 24.5 Å². The van der Waals surface area contributed by atoms with Gasteiger partial charge in [-0.3, -0.25) is 0 Å². The van der Waals surface area contributed by atoms with Gasteiger partial charge in [-0.25, -0.2) is 4.98 Å². The zero-order chi connectivity index (χ0) is 13.3. The van der Waals surface area contributed by atoms with E-state index in [9.17, 15) is 0 Å². The van der Waals surface area contributed by atoms with E-state index >= 15 is 0 Å². The van der Waals surface area contributed by atoms with Crippen LogP contribution in [0.1, 0.15) is 81.8 Å². The summed E-state index contributed by atoms with van der Waals surface area (Å²) in [5.74, 6) is 0.550. The van der Waals surface area contributed by atoms with Gasteiger partial charge in [-0.1, -0.05) is 39.5 Å². The van der Waals surface area contributed by atoms with Gasteiger partial charge in [0.05, 0.1) is 11.2 Å². The average molecular weight is 278 g/mol. The van der Waals surface area contributed by atoms with Gasteiger partial charge in [0.25, 0.3) is 0 Å². The summed E-state index contributed by atoms with van der Waals surface area (Å²) in [6.07, 6.45) is 10.8. The third-order valence-corrected chi connectivity index (χ3v) is 5.60. The maximum absolute atomic E-state index is 4.98. The quantitative estimate of drug-likeness (QED) is 0.816. The summed E-state index contributed by atoms with van der Waals surface area (Å²) in [7, 11) is 0. The van der Waals surface area contributed by atoms with Crippen LogP contribution in [-0.2, 0) is 5.54 Å². The van der Waals surface area contributed by atoms with Crippen molar-refractivity contribution in [1.82, 2.24) is 10.3 Å². The van der Waals surface area contributed by atoms with E-state index in [0.717, 1.165) is 6.04 Å². The monoisotopic (exact) mass is 278 g/mol. The van der Waals surface area contributed by atoms with E-state index in [0.29, 0.717) is 5.92 Å². The van der Waals surface area contributed by atoms with Crippen molar-refractivity contribution in [3.05, 3.63) is 16.1 Å². The first-order chi connectivity index (χ1) is 9.20.